The van der Waals surface area contributed by atoms with Crippen LogP contribution in [-0.2, 0) is 6.54 Å². The van der Waals surface area contributed by atoms with Crippen LogP contribution in [-0.4, -0.2) is 16.1 Å². The van der Waals surface area contributed by atoms with Gasteiger partial charge in [0.25, 0.3) is 0 Å². The SMILES string of the molecule is Cc1nc(C(=O)O)ccc1NCc1cccc(Cl)c1. The number of benzene rings is 1. The number of carboxylic acid groups (broad SMARTS) is 1. The van der Waals surface area contributed by atoms with E-state index in [-0.39, 0.29) is 5.69 Å². The van der Waals surface area contributed by atoms with Crippen molar-refractivity contribution in [3.63, 3.8) is 0 Å². The number of hydrogen-bond donors (Lipinski definition) is 2. The molecular formula is C14H13ClN2O2. The highest BCUT2D eigenvalue weighted by Gasteiger charge is 2.07. The summed E-state index contributed by atoms with van der Waals surface area (Å²) in [5, 5.41) is 12.7. The van der Waals surface area contributed by atoms with Gasteiger partial charge in [-0.15, -0.1) is 0 Å². The summed E-state index contributed by atoms with van der Waals surface area (Å²) >= 11 is 5.91. The Hall–Kier alpha value is -2.07. The summed E-state index contributed by atoms with van der Waals surface area (Å²) < 4.78 is 0. The van der Waals surface area contributed by atoms with Crippen molar-refractivity contribution < 1.29 is 9.90 Å². The summed E-state index contributed by atoms with van der Waals surface area (Å²) in [5.41, 5.74) is 2.56. The van der Waals surface area contributed by atoms with Crippen molar-refractivity contribution in [3.8, 4) is 0 Å². The fourth-order valence-corrected chi connectivity index (χ4v) is 1.92. The number of carboxylic acids is 1. The maximum atomic E-state index is 10.8. The molecule has 0 aliphatic heterocycles. The first-order valence-electron chi connectivity index (χ1n) is 5.75. The van der Waals surface area contributed by atoms with Gasteiger partial charge >= 0.3 is 5.97 Å². The first kappa shape index (κ1) is 13.4. The third-order valence-electron chi connectivity index (χ3n) is 2.68. The van der Waals surface area contributed by atoms with Crippen LogP contribution < -0.4 is 5.32 Å². The molecule has 2 rings (SSSR count). The molecule has 0 amide bonds. The van der Waals surface area contributed by atoms with E-state index in [1.54, 1.807) is 13.0 Å². The minimum atomic E-state index is -1.02. The lowest BCUT2D eigenvalue weighted by Crippen LogP contribution is -2.06. The number of carbonyl (C=O) groups is 1. The van der Waals surface area contributed by atoms with Gasteiger partial charge in [-0.3, -0.25) is 0 Å². The Morgan fingerprint density at radius 3 is 2.79 bits per heavy atom. The largest absolute Gasteiger partial charge is 0.477 e. The molecule has 0 aliphatic rings. The van der Waals surface area contributed by atoms with Gasteiger partial charge in [-0.05, 0) is 36.8 Å². The molecule has 1 aromatic heterocycles. The molecule has 19 heavy (non-hydrogen) atoms. The molecule has 0 radical (unpaired) electrons. The Morgan fingerprint density at radius 2 is 2.16 bits per heavy atom. The zero-order valence-electron chi connectivity index (χ0n) is 10.4. The maximum absolute atomic E-state index is 10.8. The van der Waals surface area contributed by atoms with Crippen LogP contribution in [0.5, 0.6) is 0 Å². The van der Waals surface area contributed by atoms with Gasteiger partial charge < -0.3 is 10.4 Å². The number of aryl methyl sites for hydroxylation is 1. The maximum Gasteiger partial charge on any atom is 0.354 e. The van der Waals surface area contributed by atoms with Crippen molar-refractivity contribution in [2.75, 3.05) is 5.32 Å². The average Bonchev–Trinajstić information content (AvgIpc) is 2.37. The molecule has 0 saturated carbocycles. The van der Waals surface area contributed by atoms with Gasteiger partial charge in [-0.25, -0.2) is 9.78 Å². The molecule has 98 valence electrons. The van der Waals surface area contributed by atoms with Crippen LogP contribution in [0.1, 0.15) is 21.7 Å². The number of hydrogen-bond acceptors (Lipinski definition) is 3. The van der Waals surface area contributed by atoms with E-state index in [4.69, 9.17) is 16.7 Å². The number of pyridine rings is 1. The molecule has 1 aromatic carbocycles. The highest BCUT2D eigenvalue weighted by molar-refractivity contribution is 6.30. The first-order valence-corrected chi connectivity index (χ1v) is 6.13. The van der Waals surface area contributed by atoms with Gasteiger partial charge in [0, 0.05) is 11.6 Å². The van der Waals surface area contributed by atoms with Crippen molar-refractivity contribution in [1.82, 2.24) is 4.98 Å². The minimum absolute atomic E-state index is 0.0470. The lowest BCUT2D eigenvalue weighted by atomic mass is 10.2. The van der Waals surface area contributed by atoms with E-state index in [0.717, 1.165) is 11.3 Å². The molecule has 2 aromatic rings. The van der Waals surface area contributed by atoms with E-state index in [2.05, 4.69) is 10.3 Å². The Kier molecular flexibility index (Phi) is 4.02. The number of nitrogens with zero attached hydrogens (tertiary/aromatic N) is 1. The standard InChI is InChI=1S/C14H13ClN2O2/c1-9-12(5-6-13(17-9)14(18)19)16-8-10-3-2-4-11(15)7-10/h2-7,16H,8H2,1H3,(H,18,19). The quantitative estimate of drug-likeness (QED) is 0.899. The van der Waals surface area contributed by atoms with Crippen molar-refractivity contribution in [1.29, 1.82) is 0 Å². The molecule has 2 N–H and O–H groups in total. The lowest BCUT2D eigenvalue weighted by Gasteiger charge is -2.09. The molecule has 0 saturated heterocycles. The van der Waals surface area contributed by atoms with Crippen molar-refractivity contribution in [2.24, 2.45) is 0 Å². The predicted octanol–water partition coefficient (Wildman–Crippen LogP) is 3.35. The Bertz CT molecular complexity index is 614. The third kappa shape index (κ3) is 3.45. The second kappa shape index (κ2) is 5.71. The number of aromatic carboxylic acids is 1. The monoisotopic (exact) mass is 276 g/mol. The molecule has 0 spiro atoms. The number of aromatic nitrogens is 1. The molecule has 4 nitrogen and oxygen atoms in total. The summed E-state index contributed by atoms with van der Waals surface area (Å²) in [7, 11) is 0. The average molecular weight is 277 g/mol. The molecule has 0 aliphatic carbocycles. The fraction of sp³-hybridized carbons (Fsp3) is 0.143. The van der Waals surface area contributed by atoms with Crippen molar-refractivity contribution in [2.45, 2.75) is 13.5 Å². The van der Waals surface area contributed by atoms with Gasteiger partial charge in [0.2, 0.25) is 0 Å². The highest BCUT2D eigenvalue weighted by atomic mass is 35.5. The fourth-order valence-electron chi connectivity index (χ4n) is 1.71. The molecule has 0 bridgehead atoms. The van der Waals surface area contributed by atoms with Crippen LogP contribution in [0.4, 0.5) is 5.69 Å². The zero-order chi connectivity index (χ0) is 13.8. The van der Waals surface area contributed by atoms with Crippen LogP contribution in [0.2, 0.25) is 5.02 Å². The predicted molar refractivity (Wildman–Crippen MR) is 74.7 cm³/mol. The molecule has 0 atom stereocenters. The molecule has 0 fully saturated rings. The van der Waals surface area contributed by atoms with Crippen LogP contribution in [0.3, 0.4) is 0 Å². The summed E-state index contributed by atoms with van der Waals surface area (Å²) in [5.74, 6) is -1.02. The summed E-state index contributed by atoms with van der Waals surface area (Å²) in [6.45, 7) is 2.38. The second-order valence-corrected chi connectivity index (χ2v) is 4.55. The Balaban J connectivity index is 2.10. The summed E-state index contributed by atoms with van der Waals surface area (Å²) in [6.07, 6.45) is 0. The molecule has 0 unspecified atom stereocenters. The van der Waals surface area contributed by atoms with Gasteiger partial charge in [0.1, 0.15) is 5.69 Å². The number of nitrogens with one attached hydrogen (secondary N) is 1. The van der Waals surface area contributed by atoms with Gasteiger partial charge in [-0.1, -0.05) is 23.7 Å². The van der Waals surface area contributed by atoms with E-state index in [1.807, 2.05) is 24.3 Å². The normalized spacial score (nSPS) is 10.2. The topological polar surface area (TPSA) is 62.2 Å². The lowest BCUT2D eigenvalue weighted by molar-refractivity contribution is 0.0690. The Labute approximate surface area is 116 Å². The zero-order valence-corrected chi connectivity index (χ0v) is 11.1. The van der Waals surface area contributed by atoms with E-state index in [9.17, 15) is 4.79 Å². The second-order valence-electron chi connectivity index (χ2n) is 4.12. The highest BCUT2D eigenvalue weighted by Crippen LogP contribution is 2.16. The van der Waals surface area contributed by atoms with Crippen molar-refractivity contribution >= 4 is 23.3 Å². The molecule has 1 heterocycles. The van der Waals surface area contributed by atoms with E-state index >= 15 is 0 Å². The van der Waals surface area contributed by atoms with E-state index in [1.165, 1.54) is 6.07 Å². The smallest absolute Gasteiger partial charge is 0.354 e. The van der Waals surface area contributed by atoms with Gasteiger partial charge in [-0.2, -0.15) is 0 Å². The van der Waals surface area contributed by atoms with Gasteiger partial charge in [0.05, 0.1) is 11.4 Å². The summed E-state index contributed by atoms with van der Waals surface area (Å²) in [4.78, 5) is 14.8. The van der Waals surface area contributed by atoms with Crippen LogP contribution in [0.15, 0.2) is 36.4 Å². The number of anilines is 1. The first-order chi connectivity index (χ1) is 9.06. The number of halogens is 1. The van der Waals surface area contributed by atoms with E-state index in [0.29, 0.717) is 17.3 Å². The minimum Gasteiger partial charge on any atom is -0.477 e. The van der Waals surface area contributed by atoms with Crippen LogP contribution >= 0.6 is 11.6 Å². The van der Waals surface area contributed by atoms with Crippen molar-refractivity contribution in [3.05, 3.63) is 58.4 Å². The van der Waals surface area contributed by atoms with Crippen LogP contribution in [0.25, 0.3) is 0 Å². The summed E-state index contributed by atoms with van der Waals surface area (Å²) in [6, 6.07) is 10.7. The third-order valence-corrected chi connectivity index (χ3v) is 2.91. The molecular weight excluding hydrogens is 264 g/mol. The number of rotatable bonds is 4. The van der Waals surface area contributed by atoms with Crippen LogP contribution in [0, 0.1) is 6.92 Å². The van der Waals surface area contributed by atoms with Gasteiger partial charge in [0.15, 0.2) is 0 Å². The molecule has 5 heteroatoms. The van der Waals surface area contributed by atoms with E-state index < -0.39 is 5.97 Å². The Morgan fingerprint density at radius 1 is 1.37 bits per heavy atom.